The fourth-order valence-corrected chi connectivity index (χ4v) is 2.04. The summed E-state index contributed by atoms with van der Waals surface area (Å²) in [5, 5.41) is 4.13. The highest BCUT2D eigenvalue weighted by Gasteiger charge is 2.20. The van der Waals surface area contributed by atoms with Crippen molar-refractivity contribution in [3.63, 3.8) is 0 Å². The molecule has 5 nitrogen and oxygen atoms in total. The van der Waals surface area contributed by atoms with E-state index in [1.165, 1.54) is 4.68 Å². The number of hydrogen-bond donors (Lipinski definition) is 1. The molecule has 0 spiro atoms. The summed E-state index contributed by atoms with van der Waals surface area (Å²) in [4.78, 5) is 11.4. The number of aromatic nitrogens is 2. The molecule has 1 aromatic heterocycles. The number of benzene rings is 1. The van der Waals surface area contributed by atoms with E-state index >= 15 is 0 Å². The molecule has 0 saturated carbocycles. The van der Waals surface area contributed by atoms with Crippen molar-refractivity contribution in [3.8, 4) is 11.6 Å². The lowest BCUT2D eigenvalue weighted by Gasteiger charge is -2.08. The molecule has 94 valence electrons. The van der Waals surface area contributed by atoms with Crippen LogP contribution in [0.5, 0.6) is 11.6 Å². The van der Waals surface area contributed by atoms with Gasteiger partial charge in [0.15, 0.2) is 0 Å². The Morgan fingerprint density at radius 2 is 2.11 bits per heavy atom. The molecule has 0 atom stereocenters. The molecular weight excluding hydrogens is 298 g/mol. The van der Waals surface area contributed by atoms with Gasteiger partial charge in [0.2, 0.25) is 5.88 Å². The summed E-state index contributed by atoms with van der Waals surface area (Å²) >= 11 is 3.38. The van der Waals surface area contributed by atoms with Gasteiger partial charge in [-0.3, -0.25) is 4.79 Å². The topological polar surface area (TPSA) is 70.1 Å². The maximum absolute atomic E-state index is 11.4. The van der Waals surface area contributed by atoms with Crippen LogP contribution < -0.4 is 10.5 Å². The fourth-order valence-electron chi connectivity index (χ4n) is 1.67. The van der Waals surface area contributed by atoms with Gasteiger partial charge < -0.3 is 10.5 Å². The van der Waals surface area contributed by atoms with Crippen molar-refractivity contribution in [3.05, 3.63) is 40.0 Å². The van der Waals surface area contributed by atoms with Crippen LogP contribution in [0.4, 0.5) is 0 Å². The molecule has 0 unspecified atom stereocenters. The molecule has 1 heterocycles. The summed E-state index contributed by atoms with van der Waals surface area (Å²) in [6, 6.07) is 7.35. The quantitative estimate of drug-likeness (QED) is 0.946. The maximum atomic E-state index is 11.4. The molecule has 0 fully saturated rings. The van der Waals surface area contributed by atoms with Gasteiger partial charge in [0.05, 0.1) is 10.2 Å². The molecule has 0 aliphatic rings. The normalized spacial score (nSPS) is 10.4. The molecule has 0 bridgehead atoms. The van der Waals surface area contributed by atoms with E-state index in [4.69, 9.17) is 10.5 Å². The predicted octanol–water partition coefficient (Wildman–Crippen LogP) is 2.38. The molecule has 6 heteroatoms. The van der Waals surface area contributed by atoms with Crippen LogP contribution in [-0.4, -0.2) is 15.7 Å². The number of ether oxygens (including phenoxy) is 1. The Morgan fingerprint density at radius 1 is 1.44 bits per heavy atom. The van der Waals surface area contributed by atoms with E-state index < -0.39 is 5.91 Å². The predicted molar refractivity (Wildman–Crippen MR) is 70.7 cm³/mol. The summed E-state index contributed by atoms with van der Waals surface area (Å²) in [5.74, 6) is 0.387. The Hall–Kier alpha value is -1.82. The molecule has 1 amide bonds. The second-order valence-corrected chi connectivity index (χ2v) is 4.64. The highest BCUT2D eigenvalue weighted by molar-refractivity contribution is 9.10. The van der Waals surface area contributed by atoms with Gasteiger partial charge in [-0.25, -0.2) is 4.68 Å². The third kappa shape index (κ3) is 2.24. The van der Waals surface area contributed by atoms with Gasteiger partial charge in [0.1, 0.15) is 11.3 Å². The van der Waals surface area contributed by atoms with Crippen LogP contribution in [0.25, 0.3) is 0 Å². The second-order valence-electron chi connectivity index (χ2n) is 3.79. The van der Waals surface area contributed by atoms with Gasteiger partial charge in [-0.1, -0.05) is 12.1 Å². The Balaban J connectivity index is 2.47. The van der Waals surface area contributed by atoms with Gasteiger partial charge in [-0.15, -0.1) is 0 Å². The molecule has 1 aromatic carbocycles. The fraction of sp³-hybridized carbons (Fsp3) is 0.167. The minimum Gasteiger partial charge on any atom is -0.437 e. The average molecular weight is 310 g/mol. The number of carbonyl (C=O) groups is 1. The Bertz CT molecular complexity index is 607. The number of amides is 1. The van der Waals surface area contributed by atoms with Crippen molar-refractivity contribution in [2.75, 3.05) is 0 Å². The van der Waals surface area contributed by atoms with Crippen molar-refractivity contribution in [2.24, 2.45) is 12.8 Å². The molecule has 0 saturated heterocycles. The number of carbonyl (C=O) groups excluding carboxylic acids is 1. The summed E-state index contributed by atoms with van der Waals surface area (Å²) in [6.45, 7) is 1.72. The van der Waals surface area contributed by atoms with Gasteiger partial charge in [0.25, 0.3) is 5.91 Å². The number of primary amides is 1. The van der Waals surface area contributed by atoms with Gasteiger partial charge in [-0.2, -0.15) is 5.10 Å². The van der Waals surface area contributed by atoms with Crippen molar-refractivity contribution in [1.29, 1.82) is 0 Å². The van der Waals surface area contributed by atoms with Crippen LogP contribution >= 0.6 is 15.9 Å². The number of halogens is 1. The molecule has 0 aliphatic heterocycles. The van der Waals surface area contributed by atoms with Crippen molar-refractivity contribution in [2.45, 2.75) is 6.92 Å². The molecule has 18 heavy (non-hydrogen) atoms. The minimum atomic E-state index is -0.553. The highest BCUT2D eigenvalue weighted by Crippen LogP contribution is 2.31. The van der Waals surface area contributed by atoms with E-state index in [1.807, 2.05) is 18.2 Å². The first-order chi connectivity index (χ1) is 8.50. The second kappa shape index (κ2) is 4.81. The van der Waals surface area contributed by atoms with Gasteiger partial charge >= 0.3 is 0 Å². The lowest BCUT2D eigenvalue weighted by Crippen LogP contribution is -2.13. The lowest BCUT2D eigenvalue weighted by atomic mass is 10.2. The zero-order chi connectivity index (χ0) is 13.3. The molecular formula is C12H12BrN3O2. The standard InChI is InChI=1S/C12H12BrN3O2/c1-7-10(11(14)17)12(16(2)15-7)18-9-6-4-3-5-8(9)13/h3-6H,1-2H3,(H2,14,17). The van der Waals surface area contributed by atoms with Crippen molar-refractivity contribution < 1.29 is 9.53 Å². The molecule has 0 radical (unpaired) electrons. The van der Waals surface area contributed by atoms with Crippen molar-refractivity contribution >= 4 is 21.8 Å². The Kier molecular flexibility index (Phi) is 3.38. The van der Waals surface area contributed by atoms with E-state index in [0.717, 1.165) is 4.47 Å². The van der Waals surface area contributed by atoms with Crippen LogP contribution in [0, 0.1) is 6.92 Å². The number of rotatable bonds is 3. The largest absolute Gasteiger partial charge is 0.437 e. The molecule has 0 aliphatic carbocycles. The first-order valence-electron chi connectivity index (χ1n) is 5.26. The SMILES string of the molecule is Cc1nn(C)c(Oc2ccccc2Br)c1C(N)=O. The number of aryl methyl sites for hydroxylation is 2. The zero-order valence-corrected chi connectivity index (χ0v) is 11.6. The minimum absolute atomic E-state index is 0.299. The molecule has 2 rings (SSSR count). The Morgan fingerprint density at radius 3 is 2.72 bits per heavy atom. The van der Waals surface area contributed by atoms with E-state index in [9.17, 15) is 4.79 Å². The van der Waals surface area contributed by atoms with Crippen LogP contribution in [0.2, 0.25) is 0 Å². The van der Waals surface area contributed by atoms with E-state index in [2.05, 4.69) is 21.0 Å². The number of nitrogens with two attached hydrogens (primary N) is 1. The first-order valence-corrected chi connectivity index (χ1v) is 6.05. The lowest BCUT2D eigenvalue weighted by molar-refractivity contribution is 0.0997. The third-order valence-electron chi connectivity index (χ3n) is 2.46. The van der Waals surface area contributed by atoms with Crippen LogP contribution in [0.15, 0.2) is 28.7 Å². The number of hydrogen-bond acceptors (Lipinski definition) is 3. The maximum Gasteiger partial charge on any atom is 0.256 e. The summed E-state index contributed by atoms with van der Waals surface area (Å²) in [5.41, 5.74) is 6.18. The first kappa shape index (κ1) is 12.6. The highest BCUT2D eigenvalue weighted by atomic mass is 79.9. The van der Waals surface area contributed by atoms with Gasteiger partial charge in [0, 0.05) is 7.05 Å². The summed E-state index contributed by atoms with van der Waals surface area (Å²) in [6.07, 6.45) is 0. The third-order valence-corrected chi connectivity index (χ3v) is 3.11. The van der Waals surface area contributed by atoms with E-state index in [1.54, 1.807) is 20.0 Å². The summed E-state index contributed by atoms with van der Waals surface area (Å²) in [7, 11) is 1.70. The Labute approximate surface area is 113 Å². The summed E-state index contributed by atoms with van der Waals surface area (Å²) < 4.78 is 7.99. The van der Waals surface area contributed by atoms with Crippen LogP contribution in [0.3, 0.4) is 0 Å². The monoisotopic (exact) mass is 309 g/mol. The van der Waals surface area contributed by atoms with Crippen LogP contribution in [0.1, 0.15) is 16.1 Å². The van der Waals surface area contributed by atoms with Gasteiger partial charge in [-0.05, 0) is 35.0 Å². The molecule has 2 N–H and O–H groups in total. The van der Waals surface area contributed by atoms with E-state index in [0.29, 0.717) is 22.9 Å². The smallest absolute Gasteiger partial charge is 0.256 e. The zero-order valence-electron chi connectivity index (χ0n) is 9.98. The van der Waals surface area contributed by atoms with E-state index in [-0.39, 0.29) is 0 Å². The molecule has 2 aromatic rings. The van der Waals surface area contributed by atoms with Crippen molar-refractivity contribution in [1.82, 2.24) is 9.78 Å². The number of nitrogens with zero attached hydrogens (tertiary/aromatic N) is 2. The number of para-hydroxylation sites is 1. The average Bonchev–Trinajstić information content (AvgIpc) is 2.57. The van der Waals surface area contributed by atoms with Crippen LogP contribution in [-0.2, 0) is 7.05 Å².